The molecular weight excluding hydrogens is 258 g/mol. The highest BCUT2D eigenvalue weighted by atomic mass is 16.5. The van der Waals surface area contributed by atoms with Gasteiger partial charge in [-0.2, -0.15) is 0 Å². The number of ether oxygens (including phenoxy) is 3. The van der Waals surface area contributed by atoms with Crippen LogP contribution in [0.1, 0.15) is 39.0 Å². The standard InChI is InChI=1S/C15H31NO4/c1-13(11-18-2)20-12-14(17)10-16-8-9-19-15-6-4-3-5-7-15/h13-17H,3-12H2,1-2H3. The van der Waals surface area contributed by atoms with Gasteiger partial charge in [0.2, 0.25) is 0 Å². The summed E-state index contributed by atoms with van der Waals surface area (Å²) in [6, 6.07) is 0. The van der Waals surface area contributed by atoms with Gasteiger partial charge in [0.15, 0.2) is 0 Å². The molecule has 2 N–H and O–H groups in total. The molecule has 0 heterocycles. The third-order valence-corrected chi connectivity index (χ3v) is 3.54. The molecular formula is C15H31NO4. The van der Waals surface area contributed by atoms with Gasteiger partial charge in [0.1, 0.15) is 0 Å². The van der Waals surface area contributed by atoms with Gasteiger partial charge in [-0.05, 0) is 19.8 Å². The van der Waals surface area contributed by atoms with Gasteiger partial charge in [0.25, 0.3) is 0 Å². The van der Waals surface area contributed by atoms with Crippen molar-refractivity contribution in [1.29, 1.82) is 0 Å². The lowest BCUT2D eigenvalue weighted by atomic mass is 9.98. The molecule has 5 nitrogen and oxygen atoms in total. The normalized spacial score (nSPS) is 19.9. The first-order chi connectivity index (χ1) is 9.72. The lowest BCUT2D eigenvalue weighted by Gasteiger charge is -2.22. The lowest BCUT2D eigenvalue weighted by molar-refractivity contribution is -0.0318. The van der Waals surface area contributed by atoms with Crippen LogP contribution in [0.2, 0.25) is 0 Å². The molecule has 1 saturated carbocycles. The van der Waals surface area contributed by atoms with Crippen LogP contribution in [0.25, 0.3) is 0 Å². The van der Waals surface area contributed by atoms with E-state index in [1.807, 2.05) is 6.92 Å². The fraction of sp³-hybridized carbons (Fsp3) is 1.00. The summed E-state index contributed by atoms with van der Waals surface area (Å²) < 4.78 is 16.2. The van der Waals surface area contributed by atoms with E-state index in [1.165, 1.54) is 32.1 Å². The molecule has 0 saturated heterocycles. The van der Waals surface area contributed by atoms with Crippen LogP contribution in [0, 0.1) is 0 Å². The molecule has 0 aromatic heterocycles. The van der Waals surface area contributed by atoms with Crippen molar-refractivity contribution >= 4 is 0 Å². The summed E-state index contributed by atoms with van der Waals surface area (Å²) >= 11 is 0. The van der Waals surface area contributed by atoms with E-state index in [0.717, 1.165) is 13.2 Å². The van der Waals surface area contributed by atoms with Crippen LogP contribution < -0.4 is 5.32 Å². The average Bonchev–Trinajstić information content (AvgIpc) is 2.46. The van der Waals surface area contributed by atoms with Crippen LogP contribution in [-0.2, 0) is 14.2 Å². The van der Waals surface area contributed by atoms with Gasteiger partial charge in [-0.25, -0.2) is 0 Å². The largest absolute Gasteiger partial charge is 0.389 e. The van der Waals surface area contributed by atoms with Crippen LogP contribution in [0.5, 0.6) is 0 Å². The Morgan fingerprint density at radius 2 is 1.95 bits per heavy atom. The molecule has 0 spiro atoms. The lowest BCUT2D eigenvalue weighted by Crippen LogP contribution is -2.34. The fourth-order valence-corrected chi connectivity index (χ4v) is 2.42. The molecule has 5 heteroatoms. The Hall–Kier alpha value is -0.200. The summed E-state index contributed by atoms with van der Waals surface area (Å²) in [4.78, 5) is 0. The number of rotatable bonds is 11. The molecule has 0 radical (unpaired) electrons. The monoisotopic (exact) mass is 289 g/mol. The van der Waals surface area contributed by atoms with Crippen LogP contribution in [-0.4, -0.2) is 63.4 Å². The molecule has 0 aromatic carbocycles. The maximum atomic E-state index is 9.75. The maximum absolute atomic E-state index is 9.75. The fourth-order valence-electron chi connectivity index (χ4n) is 2.42. The van der Waals surface area contributed by atoms with E-state index in [2.05, 4.69) is 5.32 Å². The van der Waals surface area contributed by atoms with E-state index in [9.17, 15) is 5.11 Å². The van der Waals surface area contributed by atoms with Crippen molar-refractivity contribution in [2.45, 2.75) is 57.3 Å². The zero-order chi connectivity index (χ0) is 14.6. The number of aliphatic hydroxyl groups is 1. The van der Waals surface area contributed by atoms with Gasteiger partial charge in [0.05, 0.1) is 38.1 Å². The van der Waals surface area contributed by atoms with Gasteiger partial charge in [-0.3, -0.25) is 0 Å². The van der Waals surface area contributed by atoms with E-state index < -0.39 is 6.10 Å². The second kappa shape index (κ2) is 11.5. The zero-order valence-corrected chi connectivity index (χ0v) is 13.0. The van der Waals surface area contributed by atoms with Crippen LogP contribution in [0.3, 0.4) is 0 Å². The van der Waals surface area contributed by atoms with Crippen molar-refractivity contribution in [3.8, 4) is 0 Å². The first-order valence-electron chi connectivity index (χ1n) is 7.83. The molecule has 0 bridgehead atoms. The van der Waals surface area contributed by atoms with Crippen molar-refractivity contribution < 1.29 is 19.3 Å². The van der Waals surface area contributed by atoms with Gasteiger partial charge in [-0.1, -0.05) is 19.3 Å². The summed E-state index contributed by atoms with van der Waals surface area (Å²) in [5.41, 5.74) is 0. The third kappa shape index (κ3) is 8.87. The van der Waals surface area contributed by atoms with Crippen molar-refractivity contribution in [1.82, 2.24) is 5.32 Å². The highest BCUT2D eigenvalue weighted by Crippen LogP contribution is 2.19. The highest BCUT2D eigenvalue weighted by molar-refractivity contribution is 4.65. The minimum atomic E-state index is -0.482. The van der Waals surface area contributed by atoms with E-state index in [4.69, 9.17) is 14.2 Å². The third-order valence-electron chi connectivity index (χ3n) is 3.54. The van der Waals surface area contributed by atoms with Crippen molar-refractivity contribution in [2.24, 2.45) is 0 Å². The van der Waals surface area contributed by atoms with Crippen LogP contribution >= 0.6 is 0 Å². The average molecular weight is 289 g/mol. The molecule has 0 aromatic rings. The maximum Gasteiger partial charge on any atom is 0.0897 e. The molecule has 1 fully saturated rings. The molecule has 0 amide bonds. The Balaban J connectivity index is 1.89. The predicted octanol–water partition coefficient (Wildman–Crippen LogP) is 1.34. The smallest absolute Gasteiger partial charge is 0.0897 e. The van der Waals surface area contributed by atoms with Crippen molar-refractivity contribution in [3.63, 3.8) is 0 Å². The van der Waals surface area contributed by atoms with E-state index in [-0.39, 0.29) is 6.10 Å². The van der Waals surface area contributed by atoms with Crippen molar-refractivity contribution in [3.05, 3.63) is 0 Å². The highest BCUT2D eigenvalue weighted by Gasteiger charge is 2.13. The summed E-state index contributed by atoms with van der Waals surface area (Å²) in [5.74, 6) is 0. The molecule has 20 heavy (non-hydrogen) atoms. The Morgan fingerprint density at radius 1 is 1.20 bits per heavy atom. The Morgan fingerprint density at radius 3 is 2.65 bits per heavy atom. The van der Waals surface area contributed by atoms with E-state index in [1.54, 1.807) is 7.11 Å². The quantitative estimate of drug-likeness (QED) is 0.562. The number of methoxy groups -OCH3 is 1. The summed E-state index contributed by atoms with van der Waals surface area (Å²) in [7, 11) is 1.64. The van der Waals surface area contributed by atoms with Gasteiger partial charge in [0, 0.05) is 20.2 Å². The molecule has 1 aliphatic rings. The topological polar surface area (TPSA) is 60.0 Å². The number of nitrogens with one attached hydrogen (secondary N) is 1. The summed E-state index contributed by atoms with van der Waals surface area (Å²) in [6.45, 7) is 4.85. The first-order valence-corrected chi connectivity index (χ1v) is 7.83. The van der Waals surface area contributed by atoms with Crippen molar-refractivity contribution in [2.75, 3.05) is 40.0 Å². The van der Waals surface area contributed by atoms with Gasteiger partial charge >= 0.3 is 0 Å². The molecule has 2 unspecified atom stereocenters. The molecule has 120 valence electrons. The van der Waals surface area contributed by atoms with Gasteiger partial charge < -0.3 is 24.6 Å². The SMILES string of the molecule is COCC(C)OCC(O)CNCCOC1CCCCC1. The van der Waals surface area contributed by atoms with Crippen LogP contribution in [0.4, 0.5) is 0 Å². The molecule has 2 atom stereocenters. The number of hydrogen-bond acceptors (Lipinski definition) is 5. The first kappa shape index (κ1) is 17.9. The summed E-state index contributed by atoms with van der Waals surface area (Å²) in [5, 5.41) is 12.9. The molecule has 1 aliphatic carbocycles. The Labute approximate surface area is 123 Å². The summed E-state index contributed by atoms with van der Waals surface area (Å²) in [6.07, 6.45) is 6.34. The predicted molar refractivity (Wildman–Crippen MR) is 79.0 cm³/mol. The molecule has 1 rings (SSSR count). The zero-order valence-electron chi connectivity index (χ0n) is 13.0. The number of aliphatic hydroxyl groups excluding tert-OH is 1. The van der Waals surface area contributed by atoms with E-state index in [0.29, 0.717) is 25.9 Å². The van der Waals surface area contributed by atoms with Crippen LogP contribution in [0.15, 0.2) is 0 Å². The Kier molecular flexibility index (Phi) is 10.2. The van der Waals surface area contributed by atoms with E-state index >= 15 is 0 Å². The minimum Gasteiger partial charge on any atom is -0.389 e. The molecule has 0 aliphatic heterocycles. The Bertz CT molecular complexity index is 222. The second-order valence-electron chi connectivity index (χ2n) is 5.59. The minimum absolute atomic E-state index is 0.0179. The van der Waals surface area contributed by atoms with Gasteiger partial charge in [-0.15, -0.1) is 0 Å². The second-order valence-corrected chi connectivity index (χ2v) is 5.59. The number of hydrogen-bond donors (Lipinski definition) is 2.